The molecule has 1 aromatic carbocycles. The van der Waals surface area contributed by atoms with E-state index < -0.39 is 10.0 Å². The Kier molecular flexibility index (Phi) is 5.94. The molecule has 26 heavy (non-hydrogen) atoms. The minimum Gasteiger partial charge on any atom is -0.486 e. The Balaban J connectivity index is 1.74. The van der Waals surface area contributed by atoms with Crippen LogP contribution < -0.4 is 9.46 Å². The molecule has 0 spiro atoms. The van der Waals surface area contributed by atoms with Crippen molar-refractivity contribution in [1.29, 1.82) is 0 Å². The normalized spacial score (nSPS) is 11.3. The molecule has 5 nitrogen and oxygen atoms in total. The summed E-state index contributed by atoms with van der Waals surface area (Å²) in [7, 11) is -3.87. The molecule has 1 N–H and O–H groups in total. The van der Waals surface area contributed by atoms with Gasteiger partial charge in [0, 0.05) is 6.20 Å². The van der Waals surface area contributed by atoms with Crippen molar-refractivity contribution < 1.29 is 13.2 Å². The first-order valence-corrected chi connectivity index (χ1v) is 10.6. The summed E-state index contributed by atoms with van der Waals surface area (Å²) in [6, 6.07) is 11.4. The van der Waals surface area contributed by atoms with Gasteiger partial charge in [-0.25, -0.2) is 8.42 Å². The van der Waals surface area contributed by atoms with Gasteiger partial charge in [-0.05, 0) is 36.4 Å². The molecular weight excluding hydrogens is 439 g/mol. The minimum atomic E-state index is -3.87. The predicted molar refractivity (Wildman–Crippen MR) is 105 cm³/mol. The van der Waals surface area contributed by atoms with Crippen molar-refractivity contribution in [2.24, 2.45) is 0 Å². The summed E-state index contributed by atoms with van der Waals surface area (Å²) in [5.74, 6) is 0.414. The largest absolute Gasteiger partial charge is 0.486 e. The van der Waals surface area contributed by atoms with Crippen molar-refractivity contribution in [3.63, 3.8) is 0 Å². The maximum Gasteiger partial charge on any atom is 0.264 e. The van der Waals surface area contributed by atoms with Gasteiger partial charge < -0.3 is 4.74 Å². The number of nitrogens with zero attached hydrogens (tertiary/aromatic N) is 1. The van der Waals surface area contributed by atoms with Crippen LogP contribution in [0.2, 0.25) is 13.7 Å². The molecule has 0 amide bonds. The van der Waals surface area contributed by atoms with Crippen molar-refractivity contribution in [3.05, 3.63) is 68.1 Å². The van der Waals surface area contributed by atoms with Crippen molar-refractivity contribution >= 4 is 61.9 Å². The number of aromatic nitrogens is 1. The van der Waals surface area contributed by atoms with Crippen LogP contribution >= 0.6 is 46.1 Å². The molecule has 0 fully saturated rings. The number of sulfonamides is 1. The number of nitrogens with one attached hydrogen (secondary N) is 1. The van der Waals surface area contributed by atoms with Crippen LogP contribution in [0, 0.1) is 0 Å². The number of rotatable bonds is 6. The summed E-state index contributed by atoms with van der Waals surface area (Å²) >= 11 is 18.9. The molecule has 2 aromatic heterocycles. The molecule has 10 heteroatoms. The topological polar surface area (TPSA) is 68.3 Å². The van der Waals surface area contributed by atoms with Gasteiger partial charge in [0.2, 0.25) is 0 Å². The van der Waals surface area contributed by atoms with E-state index in [4.69, 9.17) is 39.5 Å². The number of thiophene rings is 1. The van der Waals surface area contributed by atoms with Crippen LogP contribution in [0.25, 0.3) is 0 Å². The quantitative estimate of drug-likeness (QED) is 0.541. The Labute approximate surface area is 169 Å². The van der Waals surface area contributed by atoms with Gasteiger partial charge in [0.25, 0.3) is 10.0 Å². The van der Waals surface area contributed by atoms with E-state index in [9.17, 15) is 8.42 Å². The maximum absolute atomic E-state index is 12.4. The molecule has 0 aliphatic carbocycles. The van der Waals surface area contributed by atoms with Gasteiger partial charge in [-0.1, -0.05) is 40.9 Å². The number of ether oxygens (including phenoxy) is 1. The molecule has 0 saturated heterocycles. The predicted octanol–water partition coefficient (Wildman–Crippen LogP) is 5.48. The molecule has 2 heterocycles. The van der Waals surface area contributed by atoms with Crippen LogP contribution in [0.3, 0.4) is 0 Å². The highest BCUT2D eigenvalue weighted by Crippen LogP contribution is 2.36. The zero-order valence-electron chi connectivity index (χ0n) is 12.9. The first kappa shape index (κ1) is 19.3. The lowest BCUT2D eigenvalue weighted by Gasteiger charge is -2.11. The van der Waals surface area contributed by atoms with Crippen LogP contribution in [0.4, 0.5) is 5.69 Å². The molecule has 0 unspecified atom stereocenters. The summed E-state index contributed by atoms with van der Waals surface area (Å²) in [5.41, 5.74) is 1.02. The van der Waals surface area contributed by atoms with Crippen LogP contribution in [0.15, 0.2) is 53.6 Å². The van der Waals surface area contributed by atoms with E-state index in [2.05, 4.69) is 9.71 Å². The molecule has 0 bridgehead atoms. The summed E-state index contributed by atoms with van der Waals surface area (Å²) in [6.07, 6.45) is 1.67. The van der Waals surface area contributed by atoms with Crippen molar-refractivity contribution in [3.8, 4) is 5.75 Å². The third kappa shape index (κ3) is 4.61. The lowest BCUT2D eigenvalue weighted by atomic mass is 10.3. The number of pyridine rings is 1. The van der Waals surface area contributed by atoms with Gasteiger partial charge in [-0.3, -0.25) is 9.71 Å². The van der Waals surface area contributed by atoms with E-state index in [0.29, 0.717) is 5.75 Å². The SMILES string of the molecule is O=S(=O)(Nc1ccc(OCc2ccccn2)c(Cl)c1)c1cc(Cl)sc1Cl. The average molecular weight is 450 g/mol. The Morgan fingerprint density at radius 1 is 1.12 bits per heavy atom. The molecule has 0 radical (unpaired) electrons. The van der Waals surface area contributed by atoms with Crippen molar-refractivity contribution in [2.75, 3.05) is 4.72 Å². The Hall–Kier alpha value is -1.51. The molecule has 136 valence electrons. The second-order valence-electron chi connectivity index (χ2n) is 5.05. The highest BCUT2D eigenvalue weighted by Gasteiger charge is 2.21. The van der Waals surface area contributed by atoms with Gasteiger partial charge in [0.1, 0.15) is 21.6 Å². The van der Waals surface area contributed by atoms with Gasteiger partial charge in [0.05, 0.1) is 20.7 Å². The zero-order chi connectivity index (χ0) is 18.7. The lowest BCUT2D eigenvalue weighted by molar-refractivity contribution is 0.301. The second-order valence-corrected chi connectivity index (χ2v) is 9.39. The van der Waals surface area contributed by atoms with Gasteiger partial charge in [-0.15, -0.1) is 11.3 Å². The highest BCUT2D eigenvalue weighted by atomic mass is 35.5. The van der Waals surface area contributed by atoms with E-state index in [1.165, 1.54) is 12.1 Å². The fourth-order valence-electron chi connectivity index (χ4n) is 2.04. The number of anilines is 1. The Morgan fingerprint density at radius 3 is 2.54 bits per heavy atom. The first-order valence-electron chi connectivity index (χ1n) is 7.15. The van der Waals surface area contributed by atoms with Gasteiger partial charge >= 0.3 is 0 Å². The first-order chi connectivity index (χ1) is 12.3. The molecule has 3 aromatic rings. The number of hydrogen-bond donors (Lipinski definition) is 1. The van der Waals surface area contributed by atoms with Crippen molar-refractivity contribution in [1.82, 2.24) is 4.98 Å². The smallest absolute Gasteiger partial charge is 0.264 e. The third-order valence-electron chi connectivity index (χ3n) is 3.20. The Morgan fingerprint density at radius 2 is 1.92 bits per heavy atom. The summed E-state index contributed by atoms with van der Waals surface area (Å²) < 4.78 is 33.2. The standard InChI is InChI=1S/C16H11Cl3N2O3S2/c17-12-7-10(21-26(22,23)14-8-15(18)25-16(14)19)4-5-13(12)24-9-11-3-1-2-6-20-11/h1-8,21H,9H2. The molecule has 0 atom stereocenters. The summed E-state index contributed by atoms with van der Waals surface area (Å²) in [6.45, 7) is 0.245. The lowest BCUT2D eigenvalue weighted by Crippen LogP contribution is -2.12. The summed E-state index contributed by atoms with van der Waals surface area (Å²) in [5, 5.41) is 0.260. The minimum absolute atomic E-state index is 0.0826. The number of hydrogen-bond acceptors (Lipinski definition) is 5. The highest BCUT2D eigenvalue weighted by molar-refractivity contribution is 7.93. The third-order valence-corrected chi connectivity index (χ3v) is 6.63. The maximum atomic E-state index is 12.4. The Bertz CT molecular complexity index is 1020. The molecule has 0 aliphatic heterocycles. The van der Waals surface area contributed by atoms with E-state index in [0.717, 1.165) is 17.0 Å². The van der Waals surface area contributed by atoms with Crippen LogP contribution in [0.5, 0.6) is 5.75 Å². The molecular formula is C16H11Cl3N2O3S2. The van der Waals surface area contributed by atoms with Gasteiger partial charge in [-0.2, -0.15) is 0 Å². The number of benzene rings is 1. The summed E-state index contributed by atoms with van der Waals surface area (Å²) in [4.78, 5) is 4.07. The fraction of sp³-hybridized carbons (Fsp3) is 0.0625. The molecule has 0 aliphatic rings. The zero-order valence-corrected chi connectivity index (χ0v) is 16.8. The van der Waals surface area contributed by atoms with E-state index in [1.807, 2.05) is 18.2 Å². The van der Waals surface area contributed by atoms with E-state index in [1.54, 1.807) is 18.3 Å². The fourth-order valence-corrected chi connectivity index (χ4v) is 5.47. The molecule has 3 rings (SSSR count). The molecule has 0 saturated carbocycles. The second kappa shape index (κ2) is 8.02. The van der Waals surface area contributed by atoms with Crippen LogP contribution in [0.1, 0.15) is 5.69 Å². The van der Waals surface area contributed by atoms with E-state index in [-0.39, 0.29) is 30.9 Å². The van der Waals surface area contributed by atoms with Crippen LogP contribution in [-0.4, -0.2) is 13.4 Å². The monoisotopic (exact) mass is 448 g/mol. The van der Waals surface area contributed by atoms with Gasteiger partial charge in [0.15, 0.2) is 0 Å². The van der Waals surface area contributed by atoms with E-state index >= 15 is 0 Å². The average Bonchev–Trinajstić information content (AvgIpc) is 2.94. The van der Waals surface area contributed by atoms with Crippen molar-refractivity contribution in [2.45, 2.75) is 11.5 Å². The van der Waals surface area contributed by atoms with Crippen LogP contribution in [-0.2, 0) is 16.6 Å². The number of halogens is 3.